The number of aryl methyl sites for hydroxylation is 1. The van der Waals surface area contributed by atoms with E-state index in [1.54, 1.807) is 4.68 Å². The van der Waals surface area contributed by atoms with Crippen LogP contribution in [0, 0.1) is 19.8 Å². The third-order valence-electron chi connectivity index (χ3n) is 4.13. The van der Waals surface area contributed by atoms with Gasteiger partial charge in [0.1, 0.15) is 0 Å². The first-order valence-electron chi connectivity index (χ1n) is 8.05. The Hall–Kier alpha value is -1.85. The second-order valence-electron chi connectivity index (χ2n) is 6.32. The van der Waals surface area contributed by atoms with Crippen molar-refractivity contribution in [3.63, 3.8) is 0 Å². The minimum absolute atomic E-state index is 0.0930. The van der Waals surface area contributed by atoms with E-state index in [2.05, 4.69) is 10.4 Å². The zero-order chi connectivity index (χ0) is 17.9. The summed E-state index contributed by atoms with van der Waals surface area (Å²) in [6.07, 6.45) is -0.562. The van der Waals surface area contributed by atoms with Crippen LogP contribution in [-0.4, -0.2) is 33.4 Å². The molecule has 0 saturated carbocycles. The van der Waals surface area contributed by atoms with Crippen LogP contribution >= 0.6 is 11.6 Å². The molecule has 0 aliphatic rings. The number of aliphatic hydroxyl groups excluding tert-OH is 1. The second-order valence-corrected chi connectivity index (χ2v) is 6.72. The molecule has 0 bridgehead atoms. The first-order valence-corrected chi connectivity index (χ1v) is 8.42. The molecule has 0 aliphatic heterocycles. The molecule has 1 atom stereocenters. The normalized spacial score (nSPS) is 12.5. The summed E-state index contributed by atoms with van der Waals surface area (Å²) in [5, 5.41) is 17.8. The largest absolute Gasteiger partial charge is 0.391 e. The van der Waals surface area contributed by atoms with E-state index in [1.165, 1.54) is 0 Å². The molecule has 0 aliphatic carbocycles. The standard InChI is InChI=1S/C18H24ClN3O2/c1-11(2)16(23)9-20-18(24)17-12(3)21-22(13(17)4)10-14-7-5-6-8-15(14)19/h5-8,11,16,23H,9-10H2,1-4H3,(H,20,24). The number of benzene rings is 1. The molecule has 1 unspecified atom stereocenters. The highest BCUT2D eigenvalue weighted by Gasteiger charge is 2.20. The van der Waals surface area contributed by atoms with Gasteiger partial charge >= 0.3 is 0 Å². The van der Waals surface area contributed by atoms with Crippen molar-refractivity contribution in [3.05, 3.63) is 51.8 Å². The monoisotopic (exact) mass is 349 g/mol. The topological polar surface area (TPSA) is 67.2 Å². The summed E-state index contributed by atoms with van der Waals surface area (Å²) < 4.78 is 1.78. The Morgan fingerprint density at radius 3 is 2.62 bits per heavy atom. The van der Waals surface area contributed by atoms with Crippen molar-refractivity contribution < 1.29 is 9.90 Å². The van der Waals surface area contributed by atoms with E-state index >= 15 is 0 Å². The van der Waals surface area contributed by atoms with Crippen molar-refractivity contribution >= 4 is 17.5 Å². The molecule has 6 heteroatoms. The van der Waals surface area contributed by atoms with Crippen molar-refractivity contribution in [1.29, 1.82) is 0 Å². The molecule has 0 spiro atoms. The molecule has 2 aromatic rings. The van der Waals surface area contributed by atoms with Gasteiger partial charge < -0.3 is 10.4 Å². The zero-order valence-corrected chi connectivity index (χ0v) is 15.3. The highest BCUT2D eigenvalue weighted by Crippen LogP contribution is 2.19. The fraction of sp³-hybridized carbons (Fsp3) is 0.444. The lowest BCUT2D eigenvalue weighted by atomic mass is 10.1. The Morgan fingerprint density at radius 1 is 1.33 bits per heavy atom. The quantitative estimate of drug-likeness (QED) is 0.842. The summed E-state index contributed by atoms with van der Waals surface area (Å²) in [6.45, 7) is 8.23. The molecule has 5 nitrogen and oxygen atoms in total. The van der Waals surface area contributed by atoms with Gasteiger partial charge in [-0.05, 0) is 31.4 Å². The summed E-state index contributed by atoms with van der Waals surface area (Å²) >= 11 is 6.20. The Morgan fingerprint density at radius 2 is 2.00 bits per heavy atom. The van der Waals surface area contributed by atoms with Gasteiger partial charge in [0, 0.05) is 17.3 Å². The molecule has 0 fully saturated rings. The lowest BCUT2D eigenvalue weighted by Gasteiger charge is -2.15. The predicted molar refractivity (Wildman–Crippen MR) is 95.4 cm³/mol. The van der Waals surface area contributed by atoms with Crippen LogP contribution in [0.25, 0.3) is 0 Å². The summed E-state index contributed by atoms with van der Waals surface area (Å²) in [4.78, 5) is 12.4. The molecule has 1 aromatic heterocycles. The number of aliphatic hydroxyl groups is 1. The van der Waals surface area contributed by atoms with Gasteiger partial charge in [-0.2, -0.15) is 5.10 Å². The number of nitrogens with zero attached hydrogens (tertiary/aromatic N) is 2. The zero-order valence-electron chi connectivity index (χ0n) is 14.5. The smallest absolute Gasteiger partial charge is 0.255 e. The SMILES string of the molecule is Cc1nn(Cc2ccccc2Cl)c(C)c1C(=O)NCC(O)C(C)C. The summed E-state index contributed by atoms with van der Waals surface area (Å²) in [5.74, 6) is -0.120. The Kier molecular flexibility index (Phi) is 6.02. The highest BCUT2D eigenvalue weighted by atomic mass is 35.5. The molecule has 24 heavy (non-hydrogen) atoms. The average Bonchev–Trinajstić information content (AvgIpc) is 2.81. The van der Waals surface area contributed by atoms with E-state index in [-0.39, 0.29) is 18.4 Å². The van der Waals surface area contributed by atoms with E-state index in [0.717, 1.165) is 11.3 Å². The molecule has 1 aromatic carbocycles. The van der Waals surface area contributed by atoms with Gasteiger partial charge in [0.15, 0.2) is 0 Å². The van der Waals surface area contributed by atoms with Crippen LogP contribution in [0.3, 0.4) is 0 Å². The number of rotatable bonds is 6. The van der Waals surface area contributed by atoms with Gasteiger partial charge in [0.2, 0.25) is 0 Å². The van der Waals surface area contributed by atoms with Gasteiger partial charge in [-0.1, -0.05) is 43.6 Å². The molecule has 130 valence electrons. The maximum atomic E-state index is 12.4. The summed E-state index contributed by atoms with van der Waals surface area (Å²) in [6, 6.07) is 7.58. The highest BCUT2D eigenvalue weighted by molar-refractivity contribution is 6.31. The van der Waals surface area contributed by atoms with Crippen LogP contribution in [0.5, 0.6) is 0 Å². The lowest BCUT2D eigenvalue weighted by molar-refractivity contribution is 0.0870. The minimum atomic E-state index is -0.562. The van der Waals surface area contributed by atoms with Crippen LogP contribution in [0.4, 0.5) is 0 Å². The third kappa shape index (κ3) is 4.16. The lowest BCUT2D eigenvalue weighted by Crippen LogP contribution is -2.35. The number of aromatic nitrogens is 2. The van der Waals surface area contributed by atoms with E-state index in [0.29, 0.717) is 22.8 Å². The van der Waals surface area contributed by atoms with Crippen molar-refractivity contribution in [2.75, 3.05) is 6.54 Å². The second kappa shape index (κ2) is 7.81. The fourth-order valence-corrected chi connectivity index (χ4v) is 2.68. The molecule has 0 saturated heterocycles. The van der Waals surface area contributed by atoms with E-state index < -0.39 is 6.10 Å². The van der Waals surface area contributed by atoms with Crippen molar-refractivity contribution in [2.24, 2.45) is 5.92 Å². The number of hydrogen-bond donors (Lipinski definition) is 2. The summed E-state index contributed by atoms with van der Waals surface area (Å²) in [5.41, 5.74) is 2.95. The van der Waals surface area contributed by atoms with E-state index in [4.69, 9.17) is 11.6 Å². The van der Waals surface area contributed by atoms with Crippen LogP contribution in [0.15, 0.2) is 24.3 Å². The number of amides is 1. The first kappa shape index (κ1) is 18.5. The maximum Gasteiger partial charge on any atom is 0.255 e. The first-order chi connectivity index (χ1) is 11.3. The van der Waals surface area contributed by atoms with Crippen LogP contribution in [0.1, 0.15) is 41.2 Å². The molecule has 2 N–H and O–H groups in total. The van der Waals surface area contributed by atoms with Gasteiger partial charge in [-0.25, -0.2) is 0 Å². The molecule has 1 amide bonds. The molecular weight excluding hydrogens is 326 g/mol. The Balaban J connectivity index is 2.17. The molecule has 2 rings (SSSR count). The molecule has 1 heterocycles. The van der Waals surface area contributed by atoms with E-state index in [9.17, 15) is 9.90 Å². The van der Waals surface area contributed by atoms with Crippen molar-refractivity contribution in [2.45, 2.75) is 40.3 Å². The van der Waals surface area contributed by atoms with Crippen molar-refractivity contribution in [3.8, 4) is 0 Å². The number of nitrogens with one attached hydrogen (secondary N) is 1. The summed E-state index contributed by atoms with van der Waals surface area (Å²) in [7, 11) is 0. The van der Waals surface area contributed by atoms with Gasteiger partial charge in [-0.15, -0.1) is 0 Å². The maximum absolute atomic E-state index is 12.4. The molecule has 0 radical (unpaired) electrons. The molecular formula is C18H24ClN3O2. The number of carbonyl (C=O) groups is 1. The van der Waals surface area contributed by atoms with Crippen LogP contribution < -0.4 is 5.32 Å². The number of halogens is 1. The van der Waals surface area contributed by atoms with Gasteiger partial charge in [-0.3, -0.25) is 9.48 Å². The van der Waals surface area contributed by atoms with Crippen LogP contribution in [0.2, 0.25) is 5.02 Å². The van der Waals surface area contributed by atoms with Gasteiger partial charge in [0.25, 0.3) is 5.91 Å². The average molecular weight is 350 g/mol. The predicted octanol–water partition coefficient (Wildman–Crippen LogP) is 2.95. The van der Waals surface area contributed by atoms with E-state index in [1.807, 2.05) is 52.0 Å². The van der Waals surface area contributed by atoms with Gasteiger partial charge in [0.05, 0.1) is 23.9 Å². The number of carbonyl (C=O) groups excluding carboxylic acids is 1. The third-order valence-corrected chi connectivity index (χ3v) is 4.50. The fourth-order valence-electron chi connectivity index (χ4n) is 2.49. The van der Waals surface area contributed by atoms with Crippen molar-refractivity contribution in [1.82, 2.24) is 15.1 Å². The number of hydrogen-bond acceptors (Lipinski definition) is 3. The van der Waals surface area contributed by atoms with Crippen LogP contribution in [-0.2, 0) is 6.54 Å². The Bertz CT molecular complexity index is 725. The minimum Gasteiger partial charge on any atom is -0.391 e. The Labute approximate surface area is 147 Å².